The van der Waals surface area contributed by atoms with Gasteiger partial charge in [-0.3, -0.25) is 0 Å². The number of carbonyl (C=O) groups excluding carboxylic acids is 1. The Labute approximate surface area is 175 Å². The van der Waals surface area contributed by atoms with Crippen molar-refractivity contribution in [3.05, 3.63) is 88.4 Å². The van der Waals surface area contributed by atoms with E-state index < -0.39 is 11.9 Å². The van der Waals surface area contributed by atoms with Crippen molar-refractivity contribution in [3.63, 3.8) is 0 Å². The molecule has 6 nitrogen and oxygen atoms in total. The van der Waals surface area contributed by atoms with E-state index in [9.17, 15) is 14.7 Å². The Morgan fingerprint density at radius 2 is 1.48 bits per heavy atom. The fourth-order valence-electron chi connectivity index (χ4n) is 2.50. The van der Waals surface area contributed by atoms with E-state index in [2.05, 4.69) is 15.9 Å². The number of para-hydroxylation sites is 2. The smallest absolute Gasteiger partial charge is 0.347 e. The Balaban J connectivity index is 1.67. The molecule has 0 saturated heterocycles. The van der Waals surface area contributed by atoms with Crippen molar-refractivity contribution in [1.29, 1.82) is 0 Å². The minimum absolute atomic E-state index is 0.0482. The molecule has 3 aromatic carbocycles. The molecule has 3 aromatic rings. The Bertz CT molecular complexity index is 1000. The zero-order chi connectivity index (χ0) is 20.6. The Morgan fingerprint density at radius 3 is 2.24 bits per heavy atom. The molecule has 0 saturated carbocycles. The van der Waals surface area contributed by atoms with Crippen molar-refractivity contribution in [1.82, 2.24) is 0 Å². The van der Waals surface area contributed by atoms with E-state index >= 15 is 0 Å². The van der Waals surface area contributed by atoms with Crippen LogP contribution in [-0.4, -0.2) is 30.3 Å². The number of hydrogen-bond donors (Lipinski definition) is 1. The number of carbonyl (C=O) groups is 2. The van der Waals surface area contributed by atoms with Crippen LogP contribution in [0.1, 0.15) is 20.7 Å². The molecule has 0 aromatic heterocycles. The number of rotatable bonds is 8. The summed E-state index contributed by atoms with van der Waals surface area (Å²) in [4.78, 5) is 24.0. The van der Waals surface area contributed by atoms with Crippen LogP contribution in [0.3, 0.4) is 0 Å². The second kappa shape index (κ2) is 9.75. The molecule has 1 N–H and O–H groups in total. The molecule has 0 atom stereocenters. The molecule has 0 unspecified atom stereocenters. The van der Waals surface area contributed by atoms with Gasteiger partial charge in [-0.15, -0.1) is 0 Å². The highest BCUT2D eigenvalue weighted by Crippen LogP contribution is 2.26. The van der Waals surface area contributed by atoms with Crippen LogP contribution in [0.5, 0.6) is 17.2 Å². The van der Waals surface area contributed by atoms with Crippen LogP contribution < -0.4 is 14.2 Å². The third-order valence-electron chi connectivity index (χ3n) is 3.83. The lowest BCUT2D eigenvalue weighted by atomic mass is 10.2. The summed E-state index contributed by atoms with van der Waals surface area (Å²) in [6, 6.07) is 20.3. The second-order valence-electron chi connectivity index (χ2n) is 5.84. The van der Waals surface area contributed by atoms with E-state index in [1.807, 2.05) is 30.3 Å². The summed E-state index contributed by atoms with van der Waals surface area (Å²) in [5, 5.41) is 9.31. The molecule has 0 radical (unpaired) electrons. The van der Waals surface area contributed by atoms with Crippen molar-refractivity contribution in [2.45, 2.75) is 0 Å². The summed E-state index contributed by atoms with van der Waals surface area (Å²) in [6.07, 6.45) is 0. The lowest BCUT2D eigenvalue weighted by Crippen LogP contribution is -2.15. The normalized spacial score (nSPS) is 10.2. The van der Waals surface area contributed by atoms with Gasteiger partial charge in [0.05, 0.1) is 0 Å². The maximum absolute atomic E-state index is 12.6. The van der Waals surface area contributed by atoms with Crippen LogP contribution in [-0.2, 0) is 0 Å². The standard InChI is InChI=1S/C22H17BrO6/c23-15-10-11-20(18(14-15)21(24)25)29-22(26)17-8-4-5-9-19(17)28-13-12-27-16-6-2-1-3-7-16/h1-11,14H,12-13H2,(H,24,25). The molecule has 0 heterocycles. The Morgan fingerprint density at radius 1 is 0.793 bits per heavy atom. The molecule has 7 heteroatoms. The zero-order valence-corrected chi connectivity index (χ0v) is 16.8. The number of halogens is 1. The number of aromatic carboxylic acids is 1. The number of hydrogen-bond acceptors (Lipinski definition) is 5. The third kappa shape index (κ3) is 5.58. The number of benzene rings is 3. The van der Waals surface area contributed by atoms with Crippen molar-refractivity contribution in [2.24, 2.45) is 0 Å². The first-order valence-corrected chi connectivity index (χ1v) is 9.48. The lowest BCUT2D eigenvalue weighted by Gasteiger charge is -2.12. The minimum atomic E-state index is -1.20. The van der Waals surface area contributed by atoms with Gasteiger partial charge in [0.25, 0.3) is 0 Å². The van der Waals surface area contributed by atoms with E-state index in [0.717, 1.165) is 5.75 Å². The van der Waals surface area contributed by atoms with E-state index in [0.29, 0.717) is 16.8 Å². The quantitative estimate of drug-likeness (QED) is 0.297. The lowest BCUT2D eigenvalue weighted by molar-refractivity contribution is 0.0680. The van der Waals surface area contributed by atoms with Gasteiger partial charge in [0.15, 0.2) is 0 Å². The first-order valence-electron chi connectivity index (χ1n) is 8.69. The maximum Gasteiger partial charge on any atom is 0.347 e. The molecule has 29 heavy (non-hydrogen) atoms. The molecule has 0 bridgehead atoms. The Hall–Kier alpha value is -3.32. The number of carboxylic acids is 1. The largest absolute Gasteiger partial charge is 0.490 e. The molecule has 0 amide bonds. The van der Waals surface area contributed by atoms with Gasteiger partial charge in [-0.25, -0.2) is 9.59 Å². The monoisotopic (exact) mass is 456 g/mol. The Kier molecular flexibility index (Phi) is 6.86. The van der Waals surface area contributed by atoms with Crippen molar-refractivity contribution >= 4 is 27.9 Å². The van der Waals surface area contributed by atoms with Crippen LogP contribution in [0, 0.1) is 0 Å². The van der Waals surface area contributed by atoms with E-state index in [1.165, 1.54) is 12.1 Å². The molecule has 148 valence electrons. The maximum atomic E-state index is 12.6. The van der Waals surface area contributed by atoms with Gasteiger partial charge in [0.2, 0.25) is 0 Å². The topological polar surface area (TPSA) is 82.1 Å². The highest BCUT2D eigenvalue weighted by molar-refractivity contribution is 9.10. The van der Waals surface area contributed by atoms with Crippen molar-refractivity contribution in [3.8, 4) is 17.2 Å². The molecular formula is C22H17BrO6. The predicted molar refractivity (Wildman–Crippen MR) is 110 cm³/mol. The molecule has 0 fully saturated rings. The number of esters is 1. The van der Waals surface area contributed by atoms with Crippen LogP contribution in [0.4, 0.5) is 0 Å². The SMILES string of the molecule is O=C(O)c1cc(Br)ccc1OC(=O)c1ccccc1OCCOc1ccccc1. The van der Waals surface area contributed by atoms with E-state index in [-0.39, 0.29) is 23.5 Å². The van der Waals surface area contributed by atoms with Gasteiger partial charge in [-0.2, -0.15) is 0 Å². The van der Waals surface area contributed by atoms with Crippen LogP contribution >= 0.6 is 15.9 Å². The van der Waals surface area contributed by atoms with Gasteiger partial charge < -0.3 is 19.3 Å². The van der Waals surface area contributed by atoms with E-state index in [4.69, 9.17) is 14.2 Å². The average molecular weight is 457 g/mol. The molecule has 0 spiro atoms. The highest BCUT2D eigenvalue weighted by atomic mass is 79.9. The fourth-order valence-corrected chi connectivity index (χ4v) is 2.86. The average Bonchev–Trinajstić information content (AvgIpc) is 2.73. The zero-order valence-electron chi connectivity index (χ0n) is 15.2. The summed E-state index contributed by atoms with van der Waals surface area (Å²) < 4.78 is 17.1. The first kappa shape index (κ1) is 20.4. The highest BCUT2D eigenvalue weighted by Gasteiger charge is 2.19. The summed E-state index contributed by atoms with van der Waals surface area (Å²) in [7, 11) is 0. The molecule has 0 aliphatic carbocycles. The second-order valence-corrected chi connectivity index (χ2v) is 6.76. The van der Waals surface area contributed by atoms with Gasteiger partial charge in [-0.1, -0.05) is 46.3 Å². The number of carboxylic acid groups (broad SMARTS) is 1. The van der Waals surface area contributed by atoms with Crippen molar-refractivity contribution < 1.29 is 28.9 Å². The van der Waals surface area contributed by atoms with Crippen LogP contribution in [0.15, 0.2) is 77.3 Å². The summed E-state index contributed by atoms with van der Waals surface area (Å²) in [5.41, 5.74) is 0.0638. The molecule has 3 rings (SSSR count). The van der Waals surface area contributed by atoms with Crippen LogP contribution in [0.25, 0.3) is 0 Å². The van der Waals surface area contributed by atoms with Gasteiger partial charge in [0, 0.05) is 4.47 Å². The summed E-state index contributed by atoms with van der Waals surface area (Å²) >= 11 is 3.20. The summed E-state index contributed by atoms with van der Waals surface area (Å²) in [6.45, 7) is 0.515. The predicted octanol–water partition coefficient (Wildman–Crippen LogP) is 4.82. The fraction of sp³-hybridized carbons (Fsp3) is 0.0909. The third-order valence-corrected chi connectivity index (χ3v) is 4.33. The van der Waals surface area contributed by atoms with Gasteiger partial charge >= 0.3 is 11.9 Å². The number of ether oxygens (including phenoxy) is 3. The van der Waals surface area contributed by atoms with E-state index in [1.54, 1.807) is 30.3 Å². The van der Waals surface area contributed by atoms with Gasteiger partial charge in [0.1, 0.15) is 41.6 Å². The minimum Gasteiger partial charge on any atom is -0.490 e. The molecule has 0 aliphatic rings. The van der Waals surface area contributed by atoms with Crippen LogP contribution in [0.2, 0.25) is 0 Å². The van der Waals surface area contributed by atoms with Crippen molar-refractivity contribution in [2.75, 3.05) is 13.2 Å². The molecule has 0 aliphatic heterocycles. The summed E-state index contributed by atoms with van der Waals surface area (Å²) in [5.74, 6) is -0.914. The first-order chi connectivity index (χ1) is 14.0. The molecular weight excluding hydrogens is 440 g/mol. The van der Waals surface area contributed by atoms with Gasteiger partial charge in [-0.05, 0) is 42.5 Å².